The van der Waals surface area contributed by atoms with E-state index in [0.717, 1.165) is 0 Å². The van der Waals surface area contributed by atoms with Gasteiger partial charge in [0.25, 0.3) is 0 Å². The average molecular weight is 198 g/mol. The third-order valence-electron chi connectivity index (χ3n) is 2.99. The van der Waals surface area contributed by atoms with Crippen LogP contribution in [0, 0.1) is 5.41 Å². The van der Waals surface area contributed by atoms with Crippen molar-refractivity contribution in [3.63, 3.8) is 0 Å². The fourth-order valence-corrected chi connectivity index (χ4v) is 2.32. The zero-order chi connectivity index (χ0) is 10.1. The molecule has 0 saturated carbocycles. The molecule has 0 aromatic rings. The summed E-state index contributed by atoms with van der Waals surface area (Å²) in [5, 5.41) is 11.6. The maximum atomic E-state index is 7.38. The van der Waals surface area contributed by atoms with Gasteiger partial charge in [-0.05, 0) is 26.7 Å². The lowest BCUT2D eigenvalue weighted by atomic mass is 10.00. The van der Waals surface area contributed by atoms with Crippen molar-refractivity contribution in [1.29, 1.82) is 5.41 Å². The molecule has 0 radical (unpaired) electrons. The largest absolute Gasteiger partial charge is 0.376 e. The molecule has 2 saturated heterocycles. The lowest BCUT2D eigenvalue weighted by Gasteiger charge is -2.42. The number of nitrogens with zero attached hydrogens (tertiary/aromatic N) is 2. The predicted octanol–water partition coefficient (Wildman–Crippen LogP) is 0.893. The third-order valence-corrected chi connectivity index (χ3v) is 2.99. The van der Waals surface area contributed by atoms with Crippen molar-refractivity contribution in [3.05, 3.63) is 0 Å². The maximum Gasteiger partial charge on any atom is 0.225 e. The van der Waals surface area contributed by atoms with Crippen LogP contribution >= 0.6 is 0 Å². The molecule has 0 amide bonds. The molecule has 2 N–H and O–H groups in total. The third kappa shape index (κ3) is 1.75. The van der Waals surface area contributed by atoms with Gasteiger partial charge in [0, 0.05) is 12.1 Å². The van der Waals surface area contributed by atoms with E-state index >= 15 is 0 Å². The van der Waals surface area contributed by atoms with Crippen molar-refractivity contribution in [3.8, 4) is 0 Å². The van der Waals surface area contributed by atoms with Crippen LogP contribution < -0.4 is 5.59 Å². The smallest absolute Gasteiger partial charge is 0.225 e. The van der Waals surface area contributed by atoms with Gasteiger partial charge in [-0.1, -0.05) is 12.0 Å². The zero-order valence-electron chi connectivity index (χ0n) is 8.79. The first kappa shape index (κ1) is 9.89. The minimum atomic E-state index is 0.287. The van der Waals surface area contributed by atoms with E-state index in [9.17, 15) is 0 Å². The highest BCUT2D eigenvalue weighted by Crippen LogP contribution is 2.24. The van der Waals surface area contributed by atoms with E-state index in [2.05, 4.69) is 24.4 Å². The van der Waals surface area contributed by atoms with E-state index in [-0.39, 0.29) is 5.90 Å². The fraction of sp³-hybridized carbons (Fsp3) is 0.889. The molecule has 2 atom stereocenters. The van der Waals surface area contributed by atoms with E-state index in [1.54, 1.807) is 0 Å². The monoisotopic (exact) mass is 198 g/mol. The quantitative estimate of drug-likeness (QED) is 0.657. The van der Waals surface area contributed by atoms with Crippen molar-refractivity contribution in [2.75, 3.05) is 6.54 Å². The molecule has 2 aliphatic heterocycles. The van der Waals surface area contributed by atoms with Crippen LogP contribution in [0.4, 0.5) is 0 Å². The number of hydrogen-bond donors (Lipinski definition) is 2. The number of nitrogens with one attached hydrogen (secondary N) is 2. The summed E-state index contributed by atoms with van der Waals surface area (Å²) in [6, 6.07) is 1.06. The highest BCUT2D eigenvalue weighted by molar-refractivity contribution is 5.75. The van der Waals surface area contributed by atoms with Gasteiger partial charge < -0.3 is 4.84 Å². The van der Waals surface area contributed by atoms with E-state index < -0.39 is 0 Å². The number of rotatable bonds is 1. The minimum Gasteiger partial charge on any atom is -0.376 e. The Morgan fingerprint density at radius 1 is 1.36 bits per heavy atom. The van der Waals surface area contributed by atoms with Crippen molar-refractivity contribution < 1.29 is 4.84 Å². The van der Waals surface area contributed by atoms with Gasteiger partial charge in [-0.25, -0.2) is 5.01 Å². The van der Waals surface area contributed by atoms with Crippen molar-refractivity contribution >= 4 is 5.90 Å². The highest BCUT2D eigenvalue weighted by atomic mass is 16.7. The van der Waals surface area contributed by atoms with Gasteiger partial charge in [-0.2, -0.15) is 0 Å². The average Bonchev–Trinajstić information content (AvgIpc) is 2.51. The van der Waals surface area contributed by atoms with E-state index in [1.165, 1.54) is 19.3 Å². The Morgan fingerprint density at radius 2 is 2.00 bits per heavy atom. The lowest BCUT2D eigenvalue weighted by Crippen LogP contribution is -2.56. The molecule has 5 heteroatoms. The van der Waals surface area contributed by atoms with Gasteiger partial charge in [0.2, 0.25) is 5.90 Å². The summed E-state index contributed by atoms with van der Waals surface area (Å²) in [4.78, 5) is 4.93. The highest BCUT2D eigenvalue weighted by Gasteiger charge is 2.33. The molecule has 14 heavy (non-hydrogen) atoms. The van der Waals surface area contributed by atoms with Crippen LogP contribution in [-0.2, 0) is 4.84 Å². The molecule has 2 fully saturated rings. The molecule has 0 aromatic carbocycles. The number of piperidine rings is 1. The van der Waals surface area contributed by atoms with Crippen molar-refractivity contribution in [1.82, 2.24) is 15.7 Å². The topological polar surface area (TPSA) is 51.6 Å². The van der Waals surface area contributed by atoms with Gasteiger partial charge in [-0.15, -0.1) is 5.12 Å². The maximum absolute atomic E-state index is 7.38. The second-order valence-corrected chi connectivity index (χ2v) is 4.18. The molecule has 2 heterocycles. The van der Waals surface area contributed by atoms with Crippen LogP contribution in [0.2, 0.25) is 0 Å². The lowest BCUT2D eigenvalue weighted by molar-refractivity contribution is -0.162. The van der Waals surface area contributed by atoms with Gasteiger partial charge in [0.1, 0.15) is 6.54 Å². The summed E-state index contributed by atoms with van der Waals surface area (Å²) in [5.41, 5.74) is 2.77. The van der Waals surface area contributed by atoms with E-state index in [1.807, 2.05) is 5.12 Å². The molecular formula is C9H18N4O. The van der Waals surface area contributed by atoms with Crippen molar-refractivity contribution in [2.45, 2.75) is 45.2 Å². The van der Waals surface area contributed by atoms with Crippen LogP contribution in [0.25, 0.3) is 0 Å². The van der Waals surface area contributed by atoms with Crippen LogP contribution in [0.1, 0.15) is 33.1 Å². The molecular weight excluding hydrogens is 180 g/mol. The summed E-state index contributed by atoms with van der Waals surface area (Å²) in [6.07, 6.45) is 3.73. The summed E-state index contributed by atoms with van der Waals surface area (Å²) < 4.78 is 0. The summed E-state index contributed by atoms with van der Waals surface area (Å²) >= 11 is 0. The van der Waals surface area contributed by atoms with E-state index in [4.69, 9.17) is 10.2 Å². The van der Waals surface area contributed by atoms with Gasteiger partial charge in [-0.3, -0.25) is 5.41 Å². The summed E-state index contributed by atoms with van der Waals surface area (Å²) in [6.45, 7) is 4.98. The standard InChI is InChI=1S/C9H18N4O/c1-7-4-3-5-8(2)13(7)12-6-9(10)14-11-12/h7-8,10-11H,3-6H2,1-2H3/t7-,8+. The molecule has 0 aliphatic carbocycles. The first-order valence-corrected chi connectivity index (χ1v) is 5.24. The first-order valence-electron chi connectivity index (χ1n) is 5.24. The summed E-state index contributed by atoms with van der Waals surface area (Å²) in [7, 11) is 0. The van der Waals surface area contributed by atoms with Crippen LogP contribution in [-0.4, -0.2) is 34.7 Å². The molecule has 80 valence electrons. The van der Waals surface area contributed by atoms with Gasteiger partial charge in [0.15, 0.2) is 0 Å². The normalized spacial score (nSPS) is 36.0. The van der Waals surface area contributed by atoms with Gasteiger partial charge in [0.05, 0.1) is 0 Å². The molecule has 0 bridgehead atoms. The second kappa shape index (κ2) is 3.84. The van der Waals surface area contributed by atoms with Crippen molar-refractivity contribution in [2.24, 2.45) is 0 Å². The predicted molar refractivity (Wildman–Crippen MR) is 53.3 cm³/mol. The number of hydrogen-bond acceptors (Lipinski definition) is 5. The zero-order valence-corrected chi connectivity index (χ0v) is 8.79. The Hall–Kier alpha value is -0.650. The Labute approximate surface area is 84.4 Å². The van der Waals surface area contributed by atoms with Crippen LogP contribution in [0.5, 0.6) is 0 Å². The van der Waals surface area contributed by atoms with Crippen LogP contribution in [0.15, 0.2) is 0 Å². The first-order chi connectivity index (χ1) is 6.68. The van der Waals surface area contributed by atoms with Gasteiger partial charge >= 0.3 is 0 Å². The second-order valence-electron chi connectivity index (χ2n) is 4.18. The van der Waals surface area contributed by atoms with Crippen LogP contribution in [0.3, 0.4) is 0 Å². The molecule has 0 unspecified atom stereocenters. The molecule has 2 aliphatic rings. The fourth-order valence-electron chi connectivity index (χ4n) is 2.32. The minimum absolute atomic E-state index is 0.287. The number of hydrazine groups is 2. The summed E-state index contributed by atoms with van der Waals surface area (Å²) in [5.74, 6) is 0.287. The Balaban J connectivity index is 2.03. The molecule has 5 nitrogen and oxygen atoms in total. The molecule has 0 aromatic heterocycles. The Morgan fingerprint density at radius 3 is 2.50 bits per heavy atom. The molecule has 0 spiro atoms. The Kier molecular flexibility index (Phi) is 2.71. The van der Waals surface area contributed by atoms with E-state index in [0.29, 0.717) is 18.6 Å². The Bertz CT molecular complexity index is 223. The SMILES string of the molecule is C[C@@H]1CCC[C@H](C)N1N1CC(=N)ON1. The molecule has 2 rings (SSSR count).